The summed E-state index contributed by atoms with van der Waals surface area (Å²) in [6, 6.07) is 1.50. The Hall–Kier alpha value is 0.01000. The maximum absolute atomic E-state index is 12.3. The molecule has 8 heteroatoms. The molecule has 1 aromatic heterocycles. The summed E-state index contributed by atoms with van der Waals surface area (Å²) in [7, 11) is -3.56. The van der Waals surface area contributed by atoms with Gasteiger partial charge in [0.15, 0.2) is 0 Å². The highest BCUT2D eigenvalue weighted by Crippen LogP contribution is 2.33. The summed E-state index contributed by atoms with van der Waals surface area (Å²) in [5.74, 6) is 0. The fraction of sp³-hybridized carbons (Fsp3) is 0.667. The first-order valence-electron chi connectivity index (χ1n) is 6.33. The van der Waals surface area contributed by atoms with Crippen molar-refractivity contribution < 1.29 is 18.3 Å². The van der Waals surface area contributed by atoms with Crippen LogP contribution in [0.5, 0.6) is 0 Å². The lowest BCUT2D eigenvalue weighted by molar-refractivity contribution is 0.0264. The molecule has 2 heterocycles. The summed E-state index contributed by atoms with van der Waals surface area (Å²) in [6.45, 7) is 3.66. The third-order valence-electron chi connectivity index (χ3n) is 3.54. The summed E-state index contributed by atoms with van der Waals surface area (Å²) < 4.78 is 33.1. The van der Waals surface area contributed by atoms with Crippen molar-refractivity contribution >= 4 is 37.3 Å². The van der Waals surface area contributed by atoms with Gasteiger partial charge in [0.05, 0.1) is 10.4 Å². The van der Waals surface area contributed by atoms with Gasteiger partial charge in [-0.2, -0.15) is 0 Å². The third-order valence-corrected chi connectivity index (χ3v) is 7.18. The van der Waals surface area contributed by atoms with E-state index in [4.69, 9.17) is 9.84 Å². The first-order chi connectivity index (χ1) is 9.36. The Labute approximate surface area is 131 Å². The SMILES string of the molecule is CC1(CNS(=O)(=O)c2cc(CO)sc2Br)CCOCC1. The monoisotopic (exact) mass is 383 g/mol. The highest BCUT2D eigenvalue weighted by atomic mass is 79.9. The Bertz CT molecular complexity index is 564. The average Bonchev–Trinajstić information content (AvgIpc) is 2.80. The molecular formula is C12H18BrNO4S2. The van der Waals surface area contributed by atoms with E-state index in [9.17, 15) is 8.42 Å². The molecule has 20 heavy (non-hydrogen) atoms. The highest BCUT2D eigenvalue weighted by molar-refractivity contribution is 9.11. The van der Waals surface area contributed by atoms with E-state index in [1.807, 2.05) is 0 Å². The molecule has 1 saturated heterocycles. The van der Waals surface area contributed by atoms with Gasteiger partial charge in [-0.15, -0.1) is 11.3 Å². The zero-order valence-electron chi connectivity index (χ0n) is 11.2. The Morgan fingerprint density at radius 3 is 2.70 bits per heavy atom. The molecule has 0 aliphatic carbocycles. The van der Waals surface area contributed by atoms with E-state index in [-0.39, 0.29) is 16.9 Å². The molecule has 0 atom stereocenters. The largest absolute Gasteiger partial charge is 0.391 e. The van der Waals surface area contributed by atoms with E-state index >= 15 is 0 Å². The smallest absolute Gasteiger partial charge is 0.242 e. The molecular weight excluding hydrogens is 366 g/mol. The number of halogens is 1. The van der Waals surface area contributed by atoms with Gasteiger partial charge in [-0.1, -0.05) is 6.92 Å². The maximum Gasteiger partial charge on any atom is 0.242 e. The summed E-state index contributed by atoms with van der Waals surface area (Å²) >= 11 is 4.47. The molecule has 0 radical (unpaired) electrons. The van der Waals surface area contributed by atoms with Crippen molar-refractivity contribution in [2.24, 2.45) is 5.41 Å². The number of sulfonamides is 1. The number of ether oxygens (including phenoxy) is 1. The van der Waals surface area contributed by atoms with E-state index in [1.165, 1.54) is 17.4 Å². The van der Waals surface area contributed by atoms with Crippen molar-refractivity contribution in [3.8, 4) is 0 Å². The highest BCUT2D eigenvalue weighted by Gasteiger charge is 2.30. The summed E-state index contributed by atoms with van der Waals surface area (Å²) in [4.78, 5) is 0.816. The minimum atomic E-state index is -3.56. The lowest BCUT2D eigenvalue weighted by Gasteiger charge is -2.33. The standard InChI is InChI=1S/C12H18BrNO4S2/c1-12(2-4-18-5-3-12)8-14-20(16,17)10-6-9(7-15)19-11(10)13/h6,14-15H,2-5,7-8H2,1H3. The first-order valence-corrected chi connectivity index (χ1v) is 9.42. The van der Waals surface area contributed by atoms with Crippen LogP contribution in [0.2, 0.25) is 0 Å². The van der Waals surface area contributed by atoms with Crippen molar-refractivity contribution in [1.29, 1.82) is 0 Å². The van der Waals surface area contributed by atoms with E-state index < -0.39 is 10.0 Å². The molecule has 2 N–H and O–H groups in total. The van der Waals surface area contributed by atoms with Gasteiger partial charge >= 0.3 is 0 Å². The second-order valence-electron chi connectivity index (χ2n) is 5.26. The minimum absolute atomic E-state index is 0.0619. The van der Waals surface area contributed by atoms with Gasteiger partial charge in [0.25, 0.3) is 0 Å². The summed E-state index contributed by atoms with van der Waals surface area (Å²) in [6.07, 6.45) is 1.70. The molecule has 5 nitrogen and oxygen atoms in total. The normalized spacial score (nSPS) is 19.1. The van der Waals surface area contributed by atoms with Gasteiger partial charge in [0, 0.05) is 24.6 Å². The number of hydrogen-bond acceptors (Lipinski definition) is 5. The van der Waals surface area contributed by atoms with Crippen LogP contribution >= 0.6 is 27.3 Å². The number of rotatable bonds is 5. The number of thiophene rings is 1. The van der Waals surface area contributed by atoms with Crippen LogP contribution in [0.25, 0.3) is 0 Å². The van der Waals surface area contributed by atoms with Crippen LogP contribution in [0.4, 0.5) is 0 Å². The van der Waals surface area contributed by atoms with Crippen molar-refractivity contribution in [2.75, 3.05) is 19.8 Å². The van der Waals surface area contributed by atoms with Crippen molar-refractivity contribution in [3.05, 3.63) is 14.7 Å². The molecule has 2 rings (SSSR count). The third kappa shape index (κ3) is 3.80. The lowest BCUT2D eigenvalue weighted by Crippen LogP contribution is -2.39. The molecule has 1 aromatic rings. The van der Waals surface area contributed by atoms with Crippen molar-refractivity contribution in [1.82, 2.24) is 4.72 Å². The Morgan fingerprint density at radius 1 is 1.50 bits per heavy atom. The van der Waals surface area contributed by atoms with Crippen LogP contribution in [-0.4, -0.2) is 33.3 Å². The maximum atomic E-state index is 12.3. The predicted molar refractivity (Wildman–Crippen MR) is 81.3 cm³/mol. The molecule has 0 saturated carbocycles. The number of aliphatic hydroxyl groups excluding tert-OH is 1. The molecule has 114 valence electrons. The number of hydrogen-bond donors (Lipinski definition) is 2. The quantitative estimate of drug-likeness (QED) is 0.815. The molecule has 0 unspecified atom stereocenters. The predicted octanol–water partition coefficient (Wildman–Crippen LogP) is 2.10. The van der Waals surface area contributed by atoms with Gasteiger partial charge in [-0.25, -0.2) is 13.1 Å². The van der Waals surface area contributed by atoms with Gasteiger partial charge in [0.1, 0.15) is 4.90 Å². The average molecular weight is 384 g/mol. The van der Waals surface area contributed by atoms with E-state index in [2.05, 4.69) is 27.6 Å². The van der Waals surface area contributed by atoms with Gasteiger partial charge in [0.2, 0.25) is 10.0 Å². The van der Waals surface area contributed by atoms with Gasteiger partial charge in [-0.3, -0.25) is 0 Å². The minimum Gasteiger partial charge on any atom is -0.391 e. The van der Waals surface area contributed by atoms with Gasteiger partial charge in [-0.05, 0) is 40.3 Å². The van der Waals surface area contributed by atoms with Crippen LogP contribution < -0.4 is 4.72 Å². The fourth-order valence-corrected chi connectivity index (χ4v) is 5.79. The zero-order valence-corrected chi connectivity index (χ0v) is 14.4. The van der Waals surface area contributed by atoms with Crippen molar-refractivity contribution in [3.63, 3.8) is 0 Å². The molecule has 0 aromatic carbocycles. The van der Waals surface area contributed by atoms with E-state index in [0.717, 1.165) is 12.8 Å². The Morgan fingerprint density at radius 2 is 2.15 bits per heavy atom. The van der Waals surface area contributed by atoms with Gasteiger partial charge < -0.3 is 9.84 Å². The van der Waals surface area contributed by atoms with E-state index in [0.29, 0.717) is 28.4 Å². The molecule has 1 aliphatic rings. The van der Waals surface area contributed by atoms with Crippen LogP contribution in [0, 0.1) is 5.41 Å². The number of aliphatic hydroxyl groups is 1. The van der Waals surface area contributed by atoms with Crippen molar-refractivity contribution in [2.45, 2.75) is 31.3 Å². The molecule has 1 aliphatic heterocycles. The second kappa shape index (κ2) is 6.41. The molecule has 0 amide bonds. The van der Waals surface area contributed by atoms with E-state index in [1.54, 1.807) is 0 Å². The molecule has 1 fully saturated rings. The number of nitrogens with one attached hydrogen (secondary N) is 1. The summed E-state index contributed by atoms with van der Waals surface area (Å²) in [5, 5.41) is 9.08. The zero-order chi connectivity index (χ0) is 14.8. The second-order valence-corrected chi connectivity index (χ2v) is 9.45. The Kier molecular flexibility index (Phi) is 5.25. The van der Waals surface area contributed by atoms with Crippen LogP contribution in [0.3, 0.4) is 0 Å². The Balaban J connectivity index is 2.08. The molecule has 0 bridgehead atoms. The van der Waals surface area contributed by atoms with Crippen LogP contribution in [-0.2, 0) is 21.4 Å². The lowest BCUT2D eigenvalue weighted by atomic mass is 9.83. The fourth-order valence-electron chi connectivity index (χ4n) is 2.05. The van der Waals surface area contributed by atoms with Crippen LogP contribution in [0.1, 0.15) is 24.6 Å². The summed E-state index contributed by atoms with van der Waals surface area (Å²) in [5.41, 5.74) is -0.0619. The topological polar surface area (TPSA) is 75.6 Å². The van der Waals surface area contributed by atoms with Crippen LogP contribution in [0.15, 0.2) is 14.7 Å². The first kappa shape index (κ1) is 16.4. The molecule has 0 spiro atoms.